The summed E-state index contributed by atoms with van der Waals surface area (Å²) in [7, 11) is 0. The molecule has 0 amide bonds. The first-order chi connectivity index (χ1) is 7.51. The lowest BCUT2D eigenvalue weighted by Gasteiger charge is -2.61. The summed E-state index contributed by atoms with van der Waals surface area (Å²) in [4.78, 5) is 0. The van der Waals surface area contributed by atoms with E-state index in [-0.39, 0.29) is 19.3 Å². The lowest BCUT2D eigenvalue weighted by Crippen LogP contribution is -2.83. The Morgan fingerprint density at radius 1 is 0.882 bits per heavy atom. The molecule has 0 bridgehead atoms. The molecule has 17 heavy (non-hydrogen) atoms. The van der Waals surface area contributed by atoms with E-state index >= 15 is 0 Å². The average molecular weight is 268 g/mol. The van der Waals surface area contributed by atoms with Crippen molar-refractivity contribution in [3.63, 3.8) is 0 Å². The number of halogens is 8. The van der Waals surface area contributed by atoms with Crippen molar-refractivity contribution in [1.29, 1.82) is 0 Å². The summed E-state index contributed by atoms with van der Waals surface area (Å²) < 4.78 is 103. The predicted molar refractivity (Wildman–Crippen MR) is 40.6 cm³/mol. The van der Waals surface area contributed by atoms with Crippen molar-refractivity contribution in [3.8, 4) is 0 Å². The van der Waals surface area contributed by atoms with Crippen molar-refractivity contribution >= 4 is 0 Å². The van der Waals surface area contributed by atoms with Gasteiger partial charge in [-0.3, -0.25) is 0 Å². The highest BCUT2D eigenvalue weighted by Gasteiger charge is 2.97. The third-order valence-corrected chi connectivity index (χ3v) is 3.85. The molecule has 0 radical (unpaired) electrons. The van der Waals surface area contributed by atoms with Crippen LogP contribution in [-0.4, -0.2) is 24.2 Å². The molecule has 2 saturated carbocycles. The third kappa shape index (κ3) is 1.10. The van der Waals surface area contributed by atoms with E-state index in [4.69, 9.17) is 0 Å². The summed E-state index contributed by atoms with van der Waals surface area (Å²) in [5.74, 6) is -12.0. The summed E-state index contributed by atoms with van der Waals surface area (Å²) in [6.45, 7) is 0. The van der Waals surface area contributed by atoms with Gasteiger partial charge in [0.05, 0.1) is 0 Å². The topological polar surface area (TPSA) is 0 Å². The molecule has 100 valence electrons. The Bertz CT molecular complexity index is 310. The Kier molecular flexibility index (Phi) is 2.32. The zero-order valence-corrected chi connectivity index (χ0v) is 8.30. The van der Waals surface area contributed by atoms with Crippen molar-refractivity contribution < 1.29 is 35.1 Å². The van der Waals surface area contributed by atoms with Gasteiger partial charge in [-0.15, -0.1) is 0 Å². The van der Waals surface area contributed by atoms with Gasteiger partial charge in [0.1, 0.15) is 0 Å². The van der Waals surface area contributed by atoms with Gasteiger partial charge in [-0.05, 0) is 18.8 Å². The molecule has 0 spiro atoms. The molecule has 0 heterocycles. The molecule has 0 N–H and O–H groups in total. The van der Waals surface area contributed by atoms with Crippen LogP contribution in [0, 0.1) is 11.3 Å². The minimum absolute atomic E-state index is 0.172. The summed E-state index contributed by atoms with van der Waals surface area (Å²) in [6, 6.07) is 0. The molecular formula is C9H8F8. The maximum atomic E-state index is 13.1. The summed E-state index contributed by atoms with van der Waals surface area (Å²) in [6.07, 6.45) is -10.5. The molecule has 0 aliphatic heterocycles. The smallest absolute Gasteiger partial charge is 0.234 e. The number of alkyl halides is 8. The van der Waals surface area contributed by atoms with E-state index in [2.05, 4.69) is 0 Å². The summed E-state index contributed by atoms with van der Waals surface area (Å²) in [5.41, 5.74) is -4.52. The fraction of sp³-hybridized carbons (Fsp3) is 1.00. The second-order valence-electron chi connectivity index (χ2n) is 4.54. The minimum atomic E-state index is -5.83. The Labute approximate surface area is 91.0 Å². The highest BCUT2D eigenvalue weighted by atomic mass is 19.4. The fourth-order valence-electron chi connectivity index (χ4n) is 2.77. The molecule has 0 aromatic heterocycles. The summed E-state index contributed by atoms with van der Waals surface area (Å²) >= 11 is 0. The first-order valence-electron chi connectivity index (χ1n) is 4.97. The van der Waals surface area contributed by atoms with Crippen LogP contribution in [-0.2, 0) is 0 Å². The fourth-order valence-corrected chi connectivity index (χ4v) is 2.77. The van der Waals surface area contributed by atoms with Crippen LogP contribution in [0.15, 0.2) is 0 Å². The van der Waals surface area contributed by atoms with Gasteiger partial charge in [0.2, 0.25) is 11.6 Å². The molecule has 0 atom stereocenters. The predicted octanol–water partition coefficient (Wildman–Crippen LogP) is 3.96. The maximum absolute atomic E-state index is 13.1. The highest BCUT2D eigenvalue weighted by molar-refractivity contribution is 5.26. The molecule has 2 fully saturated rings. The van der Waals surface area contributed by atoms with Crippen LogP contribution in [0.5, 0.6) is 0 Å². The first kappa shape index (κ1) is 12.9. The van der Waals surface area contributed by atoms with Crippen molar-refractivity contribution in [2.75, 3.05) is 0 Å². The van der Waals surface area contributed by atoms with Gasteiger partial charge in [0, 0.05) is 0 Å². The third-order valence-electron chi connectivity index (χ3n) is 3.85. The van der Waals surface area contributed by atoms with Gasteiger partial charge >= 0.3 is 18.0 Å². The lowest BCUT2D eigenvalue weighted by atomic mass is 9.49. The maximum Gasteiger partial charge on any atom is 0.406 e. The molecule has 2 aliphatic rings. The number of rotatable bonds is 1. The molecule has 8 heteroatoms. The van der Waals surface area contributed by atoms with Crippen molar-refractivity contribution in [2.24, 2.45) is 11.3 Å². The molecular weight excluding hydrogens is 260 g/mol. The zero-order valence-electron chi connectivity index (χ0n) is 8.30. The number of hydrogen-bond donors (Lipinski definition) is 0. The van der Waals surface area contributed by atoms with Crippen molar-refractivity contribution in [3.05, 3.63) is 0 Å². The van der Waals surface area contributed by atoms with Crippen molar-refractivity contribution in [1.82, 2.24) is 0 Å². The standard InChI is InChI=1S/C9H8F8/c10-5-7(11,12)6(8(5,13)14,9(15,16)17)4-2-1-3-4/h4-5H,1-3H2. The second-order valence-corrected chi connectivity index (χ2v) is 4.54. The first-order valence-corrected chi connectivity index (χ1v) is 4.97. The minimum Gasteiger partial charge on any atom is -0.234 e. The largest absolute Gasteiger partial charge is 0.406 e. The van der Waals surface area contributed by atoms with Gasteiger partial charge in [-0.2, -0.15) is 13.2 Å². The average Bonchev–Trinajstić information content (AvgIpc) is 2.06. The Morgan fingerprint density at radius 2 is 1.29 bits per heavy atom. The van der Waals surface area contributed by atoms with Crippen LogP contribution in [0.1, 0.15) is 19.3 Å². The molecule has 2 aliphatic carbocycles. The summed E-state index contributed by atoms with van der Waals surface area (Å²) in [5, 5.41) is 0. The van der Waals surface area contributed by atoms with E-state index in [1.807, 2.05) is 0 Å². The van der Waals surface area contributed by atoms with Crippen LogP contribution < -0.4 is 0 Å². The van der Waals surface area contributed by atoms with Crippen LogP contribution in [0.2, 0.25) is 0 Å². The molecule has 0 unspecified atom stereocenters. The SMILES string of the molecule is FC1C(F)(F)C(C2CCC2)(C(F)(F)F)C1(F)F. The van der Waals surface area contributed by atoms with Gasteiger partial charge in [0.15, 0.2) is 0 Å². The molecule has 0 nitrogen and oxygen atoms in total. The van der Waals surface area contributed by atoms with Gasteiger partial charge in [-0.25, -0.2) is 22.0 Å². The lowest BCUT2D eigenvalue weighted by molar-refractivity contribution is -0.483. The van der Waals surface area contributed by atoms with Crippen LogP contribution >= 0.6 is 0 Å². The Morgan fingerprint density at radius 3 is 1.53 bits per heavy atom. The van der Waals surface area contributed by atoms with Crippen LogP contribution in [0.3, 0.4) is 0 Å². The van der Waals surface area contributed by atoms with Gasteiger partial charge in [-0.1, -0.05) is 6.42 Å². The van der Waals surface area contributed by atoms with E-state index in [0.29, 0.717) is 0 Å². The van der Waals surface area contributed by atoms with Crippen LogP contribution in [0.25, 0.3) is 0 Å². The van der Waals surface area contributed by atoms with E-state index in [0.717, 1.165) is 0 Å². The number of hydrogen-bond acceptors (Lipinski definition) is 0. The van der Waals surface area contributed by atoms with Crippen LogP contribution in [0.4, 0.5) is 35.1 Å². The normalized spacial score (nSPS) is 40.6. The van der Waals surface area contributed by atoms with Gasteiger partial charge < -0.3 is 0 Å². The monoisotopic (exact) mass is 268 g/mol. The molecule has 2 rings (SSSR count). The van der Waals surface area contributed by atoms with E-state index in [9.17, 15) is 35.1 Å². The van der Waals surface area contributed by atoms with E-state index in [1.165, 1.54) is 0 Å². The highest BCUT2D eigenvalue weighted by Crippen LogP contribution is 2.76. The second kappa shape index (κ2) is 3.06. The molecule has 0 saturated heterocycles. The van der Waals surface area contributed by atoms with Crippen molar-refractivity contribution in [2.45, 2.75) is 43.5 Å². The van der Waals surface area contributed by atoms with Gasteiger partial charge in [0.25, 0.3) is 0 Å². The van der Waals surface area contributed by atoms with E-state index < -0.39 is 35.5 Å². The molecule has 0 aromatic rings. The zero-order chi connectivity index (χ0) is 13.3. The quantitative estimate of drug-likeness (QED) is 0.631. The Balaban J connectivity index is 2.54. The van der Waals surface area contributed by atoms with E-state index in [1.54, 1.807) is 0 Å². The molecule has 0 aromatic carbocycles. The Hall–Kier alpha value is -0.560.